The van der Waals surface area contributed by atoms with Gasteiger partial charge in [-0.05, 0) is 12.5 Å². The van der Waals surface area contributed by atoms with Crippen molar-refractivity contribution in [1.82, 2.24) is 4.90 Å². The molecular formula is C14H15NO4. The Morgan fingerprint density at radius 3 is 2.79 bits per heavy atom. The summed E-state index contributed by atoms with van der Waals surface area (Å²) < 4.78 is 10.1. The molecule has 5 heteroatoms. The number of carbonyl (C=O) groups is 2. The average Bonchev–Trinajstić information content (AvgIpc) is 2.96. The molecular weight excluding hydrogens is 246 g/mol. The third-order valence-corrected chi connectivity index (χ3v) is 3.72. The molecule has 0 aliphatic carbocycles. The number of rotatable bonds is 2. The van der Waals surface area contributed by atoms with Crippen LogP contribution in [-0.2, 0) is 14.3 Å². The van der Waals surface area contributed by atoms with Gasteiger partial charge < -0.3 is 9.47 Å². The SMILES string of the molecule is CCOC(=O)N1[C@H](c2ccccc2)[C@]12CCOC2=O. The van der Waals surface area contributed by atoms with Gasteiger partial charge in [-0.1, -0.05) is 30.3 Å². The van der Waals surface area contributed by atoms with Crippen LogP contribution in [0.2, 0.25) is 0 Å². The molecule has 1 amide bonds. The molecule has 2 saturated heterocycles. The zero-order valence-electron chi connectivity index (χ0n) is 10.7. The maximum atomic E-state index is 12.0. The summed E-state index contributed by atoms with van der Waals surface area (Å²) in [5.74, 6) is -0.325. The van der Waals surface area contributed by atoms with Crippen molar-refractivity contribution in [2.75, 3.05) is 13.2 Å². The maximum Gasteiger partial charge on any atom is 0.411 e. The van der Waals surface area contributed by atoms with Crippen LogP contribution in [0.25, 0.3) is 0 Å². The first-order valence-corrected chi connectivity index (χ1v) is 6.40. The smallest absolute Gasteiger partial charge is 0.411 e. The Bertz CT molecular complexity index is 515. The van der Waals surface area contributed by atoms with Gasteiger partial charge in [0.2, 0.25) is 0 Å². The summed E-state index contributed by atoms with van der Waals surface area (Å²) in [7, 11) is 0. The van der Waals surface area contributed by atoms with E-state index in [1.165, 1.54) is 4.90 Å². The topological polar surface area (TPSA) is 55.6 Å². The minimum absolute atomic E-state index is 0.261. The molecule has 1 spiro atoms. The van der Waals surface area contributed by atoms with E-state index in [0.717, 1.165) is 5.56 Å². The first-order chi connectivity index (χ1) is 9.21. The highest BCUT2D eigenvalue weighted by Crippen LogP contribution is 2.58. The predicted octanol–water partition coefficient (Wildman–Crippen LogP) is 1.89. The van der Waals surface area contributed by atoms with Crippen molar-refractivity contribution in [1.29, 1.82) is 0 Å². The van der Waals surface area contributed by atoms with E-state index in [1.807, 2.05) is 30.3 Å². The van der Waals surface area contributed by atoms with Crippen LogP contribution in [0.3, 0.4) is 0 Å². The third-order valence-electron chi connectivity index (χ3n) is 3.72. The van der Waals surface area contributed by atoms with Crippen molar-refractivity contribution >= 4 is 12.1 Å². The van der Waals surface area contributed by atoms with Crippen molar-refractivity contribution in [3.8, 4) is 0 Å². The number of amides is 1. The molecule has 2 heterocycles. The van der Waals surface area contributed by atoms with E-state index in [0.29, 0.717) is 19.6 Å². The van der Waals surface area contributed by atoms with Gasteiger partial charge in [0.05, 0.1) is 19.3 Å². The van der Waals surface area contributed by atoms with E-state index < -0.39 is 11.6 Å². The predicted molar refractivity (Wildman–Crippen MR) is 66.4 cm³/mol. The summed E-state index contributed by atoms with van der Waals surface area (Å²) in [5, 5.41) is 0. The molecule has 2 aliphatic rings. The molecule has 0 aromatic heterocycles. The summed E-state index contributed by atoms with van der Waals surface area (Å²) in [6.45, 7) is 2.40. The Kier molecular flexibility index (Phi) is 2.69. The van der Waals surface area contributed by atoms with Crippen LogP contribution in [0.15, 0.2) is 30.3 Å². The van der Waals surface area contributed by atoms with Crippen LogP contribution in [0.1, 0.15) is 24.9 Å². The Hall–Kier alpha value is -2.04. The fourth-order valence-corrected chi connectivity index (χ4v) is 2.85. The summed E-state index contributed by atoms with van der Waals surface area (Å²) in [4.78, 5) is 25.5. The van der Waals surface area contributed by atoms with Crippen LogP contribution >= 0.6 is 0 Å². The molecule has 0 radical (unpaired) electrons. The molecule has 2 atom stereocenters. The lowest BCUT2D eigenvalue weighted by atomic mass is 9.98. The number of ether oxygens (including phenoxy) is 2. The van der Waals surface area contributed by atoms with Gasteiger partial charge in [-0.2, -0.15) is 0 Å². The molecule has 19 heavy (non-hydrogen) atoms. The number of benzene rings is 1. The van der Waals surface area contributed by atoms with Crippen molar-refractivity contribution in [2.24, 2.45) is 0 Å². The highest BCUT2D eigenvalue weighted by molar-refractivity contribution is 5.94. The molecule has 100 valence electrons. The summed E-state index contributed by atoms with van der Waals surface area (Å²) in [6.07, 6.45) is 0.0831. The molecule has 0 bridgehead atoms. The van der Waals surface area contributed by atoms with Crippen molar-refractivity contribution in [3.05, 3.63) is 35.9 Å². The second-order valence-corrected chi connectivity index (χ2v) is 4.69. The van der Waals surface area contributed by atoms with E-state index in [9.17, 15) is 9.59 Å². The molecule has 2 aliphatic heterocycles. The molecule has 5 nitrogen and oxygen atoms in total. The van der Waals surface area contributed by atoms with Crippen LogP contribution in [-0.4, -0.2) is 35.7 Å². The molecule has 1 aromatic rings. The van der Waals surface area contributed by atoms with Crippen molar-refractivity contribution in [2.45, 2.75) is 24.9 Å². The fraction of sp³-hybridized carbons (Fsp3) is 0.429. The third kappa shape index (κ3) is 1.61. The van der Waals surface area contributed by atoms with Crippen LogP contribution in [0.4, 0.5) is 4.79 Å². The Labute approximate surface area is 111 Å². The fourth-order valence-electron chi connectivity index (χ4n) is 2.85. The molecule has 3 rings (SSSR count). The summed E-state index contributed by atoms with van der Waals surface area (Å²) >= 11 is 0. The van der Waals surface area contributed by atoms with Gasteiger partial charge in [0, 0.05) is 6.42 Å². The average molecular weight is 261 g/mol. The quantitative estimate of drug-likeness (QED) is 0.602. The lowest BCUT2D eigenvalue weighted by Gasteiger charge is -2.06. The van der Waals surface area contributed by atoms with Gasteiger partial charge in [-0.3, -0.25) is 4.90 Å². The highest BCUT2D eigenvalue weighted by Gasteiger charge is 2.74. The van der Waals surface area contributed by atoms with E-state index in [2.05, 4.69) is 0 Å². The largest absolute Gasteiger partial charge is 0.464 e. The summed E-state index contributed by atoms with van der Waals surface area (Å²) in [5.41, 5.74) is 0.0996. The first-order valence-electron chi connectivity index (χ1n) is 6.40. The minimum atomic E-state index is -0.840. The number of cyclic esters (lactones) is 1. The van der Waals surface area contributed by atoms with Gasteiger partial charge in [-0.15, -0.1) is 0 Å². The molecule has 0 unspecified atom stereocenters. The van der Waals surface area contributed by atoms with Crippen LogP contribution in [0.5, 0.6) is 0 Å². The van der Waals surface area contributed by atoms with Gasteiger partial charge in [-0.25, -0.2) is 9.59 Å². The number of carbonyl (C=O) groups excluding carboxylic acids is 2. The standard InChI is InChI=1S/C14H15NO4/c1-2-18-13(17)15-11(10-6-4-3-5-7-10)14(15)8-9-19-12(14)16/h3-7,11H,2,8-9H2,1H3/t11-,14+,15?/m1/s1. The highest BCUT2D eigenvalue weighted by atomic mass is 16.6. The van der Waals surface area contributed by atoms with E-state index >= 15 is 0 Å². The van der Waals surface area contributed by atoms with Crippen LogP contribution in [0, 0.1) is 0 Å². The van der Waals surface area contributed by atoms with E-state index in [1.54, 1.807) is 6.92 Å². The second-order valence-electron chi connectivity index (χ2n) is 4.69. The molecule has 2 fully saturated rings. The number of nitrogens with zero attached hydrogens (tertiary/aromatic N) is 1. The monoisotopic (exact) mass is 261 g/mol. The second kappa shape index (κ2) is 4.26. The van der Waals surface area contributed by atoms with E-state index in [4.69, 9.17) is 9.47 Å². The normalized spacial score (nSPS) is 28.4. The van der Waals surface area contributed by atoms with Gasteiger partial charge >= 0.3 is 12.1 Å². The lowest BCUT2D eigenvalue weighted by molar-refractivity contribution is -0.140. The lowest BCUT2D eigenvalue weighted by Crippen LogP contribution is -2.28. The molecule has 0 saturated carbocycles. The van der Waals surface area contributed by atoms with Crippen LogP contribution < -0.4 is 0 Å². The molecule has 1 aromatic carbocycles. The zero-order valence-corrected chi connectivity index (χ0v) is 10.7. The zero-order chi connectivity index (χ0) is 13.5. The Morgan fingerprint density at radius 1 is 1.47 bits per heavy atom. The van der Waals surface area contributed by atoms with Crippen molar-refractivity contribution < 1.29 is 19.1 Å². The number of hydrogen-bond acceptors (Lipinski definition) is 4. The Morgan fingerprint density at radius 2 is 2.21 bits per heavy atom. The maximum absolute atomic E-state index is 12.0. The molecule has 0 N–H and O–H groups in total. The number of esters is 1. The Balaban J connectivity index is 1.94. The first kappa shape index (κ1) is 12.0. The van der Waals surface area contributed by atoms with Gasteiger partial charge in [0.1, 0.15) is 0 Å². The van der Waals surface area contributed by atoms with Gasteiger partial charge in [0.25, 0.3) is 0 Å². The van der Waals surface area contributed by atoms with Gasteiger partial charge in [0.15, 0.2) is 5.54 Å². The van der Waals surface area contributed by atoms with E-state index in [-0.39, 0.29) is 12.0 Å². The summed E-state index contributed by atoms with van der Waals surface area (Å²) in [6, 6.07) is 9.26. The van der Waals surface area contributed by atoms with Crippen molar-refractivity contribution in [3.63, 3.8) is 0 Å². The number of hydrogen-bond donors (Lipinski definition) is 0. The minimum Gasteiger partial charge on any atom is -0.464 e.